The van der Waals surface area contributed by atoms with Gasteiger partial charge in [-0.05, 0) is 48.4 Å². The van der Waals surface area contributed by atoms with Crippen LogP contribution in [0.1, 0.15) is 18.0 Å². The molecule has 0 spiro atoms. The minimum Gasteiger partial charge on any atom is -0.508 e. The van der Waals surface area contributed by atoms with Gasteiger partial charge in [-0.25, -0.2) is 4.39 Å². The summed E-state index contributed by atoms with van der Waals surface area (Å²) >= 11 is 5.81. The Morgan fingerprint density at radius 3 is 2.32 bits per heavy atom. The SMILES string of the molecule is O=C1C(CCCl)C(c2ccc(O)cc2)N1c1ccc(F)cc1. The van der Waals surface area contributed by atoms with E-state index in [2.05, 4.69) is 0 Å². The van der Waals surface area contributed by atoms with Crippen molar-refractivity contribution < 1.29 is 14.3 Å². The summed E-state index contributed by atoms with van der Waals surface area (Å²) in [5.74, 6) is 0.0478. The van der Waals surface area contributed by atoms with Gasteiger partial charge < -0.3 is 10.0 Å². The summed E-state index contributed by atoms with van der Waals surface area (Å²) in [5.41, 5.74) is 1.59. The van der Waals surface area contributed by atoms with Crippen molar-refractivity contribution in [2.24, 2.45) is 5.92 Å². The Balaban J connectivity index is 1.95. The average molecular weight is 320 g/mol. The van der Waals surface area contributed by atoms with E-state index in [1.54, 1.807) is 41.3 Å². The fourth-order valence-corrected chi connectivity index (χ4v) is 3.12. The standard InChI is InChI=1S/C17H15ClFNO2/c18-10-9-15-16(11-1-7-14(21)8-2-11)20(17(15)22)13-5-3-12(19)4-6-13/h1-8,15-16,21H,9-10H2. The summed E-state index contributed by atoms with van der Waals surface area (Å²) in [5, 5.41) is 9.42. The molecule has 0 aliphatic carbocycles. The van der Waals surface area contributed by atoms with E-state index in [0.29, 0.717) is 18.0 Å². The smallest absolute Gasteiger partial charge is 0.233 e. The van der Waals surface area contributed by atoms with E-state index in [0.717, 1.165) is 5.56 Å². The highest BCUT2D eigenvalue weighted by Gasteiger charge is 2.48. The maximum atomic E-state index is 13.1. The molecule has 0 radical (unpaired) electrons. The summed E-state index contributed by atoms with van der Waals surface area (Å²) in [6.45, 7) is 0. The van der Waals surface area contributed by atoms with Crippen LogP contribution in [-0.2, 0) is 4.79 Å². The van der Waals surface area contributed by atoms with E-state index in [9.17, 15) is 14.3 Å². The minimum atomic E-state index is -0.338. The van der Waals surface area contributed by atoms with Crippen molar-refractivity contribution in [3.63, 3.8) is 0 Å². The molecule has 2 unspecified atom stereocenters. The molecule has 3 nitrogen and oxygen atoms in total. The highest BCUT2D eigenvalue weighted by molar-refractivity contribution is 6.18. The van der Waals surface area contributed by atoms with Gasteiger partial charge in [-0.15, -0.1) is 11.6 Å². The highest BCUT2D eigenvalue weighted by atomic mass is 35.5. The molecule has 1 aliphatic rings. The van der Waals surface area contributed by atoms with Crippen molar-refractivity contribution in [1.82, 2.24) is 0 Å². The number of phenols is 1. The molecule has 1 aliphatic heterocycles. The number of hydrogen-bond acceptors (Lipinski definition) is 2. The van der Waals surface area contributed by atoms with E-state index in [-0.39, 0.29) is 29.4 Å². The van der Waals surface area contributed by atoms with Gasteiger partial charge in [-0.2, -0.15) is 0 Å². The second kappa shape index (κ2) is 5.97. The Bertz CT molecular complexity index is 672. The van der Waals surface area contributed by atoms with Gasteiger partial charge in [0.1, 0.15) is 11.6 Å². The number of benzene rings is 2. The van der Waals surface area contributed by atoms with Crippen LogP contribution < -0.4 is 4.90 Å². The van der Waals surface area contributed by atoms with Crippen LogP contribution in [0.5, 0.6) is 5.75 Å². The molecular formula is C17H15ClFNO2. The van der Waals surface area contributed by atoms with E-state index < -0.39 is 0 Å². The summed E-state index contributed by atoms with van der Waals surface area (Å²) in [6.07, 6.45) is 0.587. The second-order valence-electron chi connectivity index (χ2n) is 5.31. The Labute approximate surface area is 132 Å². The molecule has 5 heteroatoms. The molecular weight excluding hydrogens is 305 g/mol. The van der Waals surface area contributed by atoms with Crippen LogP contribution in [0.15, 0.2) is 48.5 Å². The van der Waals surface area contributed by atoms with Crippen LogP contribution in [0.25, 0.3) is 0 Å². The van der Waals surface area contributed by atoms with Crippen LogP contribution in [0.4, 0.5) is 10.1 Å². The first-order valence-electron chi connectivity index (χ1n) is 7.05. The molecule has 2 aromatic rings. The molecule has 1 heterocycles. The first-order chi connectivity index (χ1) is 10.6. The molecule has 1 fully saturated rings. The number of amides is 1. The molecule has 0 aromatic heterocycles. The second-order valence-corrected chi connectivity index (χ2v) is 5.68. The van der Waals surface area contributed by atoms with Crippen molar-refractivity contribution in [2.75, 3.05) is 10.8 Å². The molecule has 2 aromatic carbocycles. The number of halogens is 2. The highest BCUT2D eigenvalue weighted by Crippen LogP contribution is 2.45. The Hall–Kier alpha value is -2.07. The number of anilines is 1. The molecule has 2 atom stereocenters. The molecule has 22 heavy (non-hydrogen) atoms. The average Bonchev–Trinajstić information content (AvgIpc) is 2.53. The number of carbonyl (C=O) groups is 1. The van der Waals surface area contributed by atoms with Crippen LogP contribution in [0.2, 0.25) is 0 Å². The van der Waals surface area contributed by atoms with Gasteiger partial charge in [-0.1, -0.05) is 12.1 Å². The zero-order valence-electron chi connectivity index (χ0n) is 11.7. The Morgan fingerprint density at radius 2 is 1.73 bits per heavy atom. The number of nitrogens with zero attached hydrogens (tertiary/aromatic N) is 1. The molecule has 1 amide bonds. The number of β-lactam (4-membered cyclic amide) rings is 1. The number of phenolic OH excluding ortho intramolecular Hbond substituents is 1. The zero-order valence-corrected chi connectivity index (χ0v) is 12.5. The summed E-state index contributed by atoms with van der Waals surface area (Å²) < 4.78 is 13.1. The Kier molecular flexibility index (Phi) is 4.03. The normalized spacial score (nSPS) is 20.8. The largest absolute Gasteiger partial charge is 0.508 e. The van der Waals surface area contributed by atoms with Gasteiger partial charge in [0.05, 0.1) is 12.0 Å². The van der Waals surface area contributed by atoms with Crippen molar-refractivity contribution in [1.29, 1.82) is 0 Å². The van der Waals surface area contributed by atoms with Gasteiger partial charge in [0.15, 0.2) is 0 Å². The predicted molar refractivity (Wildman–Crippen MR) is 83.6 cm³/mol. The first-order valence-corrected chi connectivity index (χ1v) is 7.59. The monoisotopic (exact) mass is 319 g/mol. The summed E-state index contributed by atoms with van der Waals surface area (Å²) in [6, 6.07) is 12.5. The topological polar surface area (TPSA) is 40.5 Å². The third-order valence-corrected chi connectivity index (χ3v) is 4.19. The third-order valence-electron chi connectivity index (χ3n) is 3.97. The van der Waals surface area contributed by atoms with Crippen LogP contribution in [0, 0.1) is 11.7 Å². The Morgan fingerprint density at radius 1 is 1.09 bits per heavy atom. The summed E-state index contributed by atoms with van der Waals surface area (Å²) in [7, 11) is 0. The van der Waals surface area contributed by atoms with E-state index in [4.69, 9.17) is 11.6 Å². The first kappa shape index (κ1) is 14.9. The lowest BCUT2D eigenvalue weighted by Gasteiger charge is -2.47. The maximum absolute atomic E-state index is 13.1. The molecule has 114 valence electrons. The number of aromatic hydroxyl groups is 1. The lowest BCUT2D eigenvalue weighted by molar-refractivity contribution is -0.130. The third kappa shape index (κ3) is 2.55. The molecule has 3 rings (SSSR count). The number of carbonyl (C=O) groups excluding carboxylic acids is 1. The van der Waals surface area contributed by atoms with Gasteiger partial charge >= 0.3 is 0 Å². The zero-order chi connectivity index (χ0) is 15.7. The molecule has 0 saturated carbocycles. The number of hydrogen-bond donors (Lipinski definition) is 1. The molecule has 0 bridgehead atoms. The molecule has 1 N–H and O–H groups in total. The van der Waals surface area contributed by atoms with Crippen molar-refractivity contribution in [2.45, 2.75) is 12.5 Å². The minimum absolute atomic E-state index is 0.00895. The van der Waals surface area contributed by atoms with Gasteiger partial charge in [-0.3, -0.25) is 4.79 Å². The van der Waals surface area contributed by atoms with Crippen molar-refractivity contribution in [3.8, 4) is 5.75 Å². The lowest BCUT2D eigenvalue weighted by Crippen LogP contribution is -2.55. The fourth-order valence-electron chi connectivity index (χ4n) is 2.89. The van der Waals surface area contributed by atoms with Gasteiger partial charge in [0.25, 0.3) is 0 Å². The lowest BCUT2D eigenvalue weighted by atomic mass is 9.80. The van der Waals surface area contributed by atoms with Crippen molar-refractivity contribution >= 4 is 23.2 Å². The van der Waals surface area contributed by atoms with Crippen LogP contribution in [0.3, 0.4) is 0 Å². The fraction of sp³-hybridized carbons (Fsp3) is 0.235. The van der Waals surface area contributed by atoms with E-state index in [1.165, 1.54) is 12.1 Å². The number of alkyl halides is 1. The summed E-state index contributed by atoms with van der Waals surface area (Å²) in [4.78, 5) is 14.1. The predicted octanol–water partition coefficient (Wildman–Crippen LogP) is 3.86. The van der Waals surface area contributed by atoms with Crippen LogP contribution >= 0.6 is 11.6 Å². The quantitative estimate of drug-likeness (QED) is 0.686. The number of rotatable bonds is 4. The van der Waals surface area contributed by atoms with Crippen LogP contribution in [-0.4, -0.2) is 16.9 Å². The molecule has 1 saturated heterocycles. The van der Waals surface area contributed by atoms with Gasteiger partial charge in [0, 0.05) is 11.6 Å². The van der Waals surface area contributed by atoms with E-state index in [1.807, 2.05) is 0 Å². The van der Waals surface area contributed by atoms with Gasteiger partial charge in [0.2, 0.25) is 5.91 Å². The maximum Gasteiger partial charge on any atom is 0.233 e. The van der Waals surface area contributed by atoms with E-state index >= 15 is 0 Å². The van der Waals surface area contributed by atoms with Crippen molar-refractivity contribution in [3.05, 3.63) is 59.9 Å².